The van der Waals surface area contributed by atoms with Gasteiger partial charge in [0.05, 0.1) is 18.5 Å². The Balaban J connectivity index is 1.37. The highest BCUT2D eigenvalue weighted by molar-refractivity contribution is 7.87. The topological polar surface area (TPSA) is 96.8 Å². The number of halogens is 1. The molecule has 2 aliphatic carbocycles. The number of hydrogen-bond donors (Lipinski definition) is 1. The van der Waals surface area contributed by atoms with Gasteiger partial charge >= 0.3 is 5.56 Å². The molecule has 0 amide bonds. The zero-order valence-corrected chi connectivity index (χ0v) is 21.5. The fourth-order valence-electron chi connectivity index (χ4n) is 4.68. The molecule has 0 unspecified atom stereocenters. The number of nitrogens with one attached hydrogen (secondary N) is 1. The molecular weight excluding hydrogens is 490 g/mol. The van der Waals surface area contributed by atoms with Crippen molar-refractivity contribution in [3.8, 4) is 11.4 Å². The van der Waals surface area contributed by atoms with Crippen LogP contribution in [0.1, 0.15) is 45.4 Å². The van der Waals surface area contributed by atoms with Crippen LogP contribution >= 0.6 is 11.6 Å². The van der Waals surface area contributed by atoms with Crippen LogP contribution in [0.2, 0.25) is 5.02 Å². The molecule has 2 aromatic rings. The summed E-state index contributed by atoms with van der Waals surface area (Å²) in [6.45, 7) is 4.15. The molecule has 35 heavy (non-hydrogen) atoms. The molecule has 0 radical (unpaired) electrons. The lowest BCUT2D eigenvalue weighted by Crippen LogP contribution is -2.53. The molecule has 1 aromatic heterocycles. The molecule has 1 aromatic carbocycles. The minimum absolute atomic E-state index is 0.0325. The molecule has 0 bridgehead atoms. The number of nitrogens with zero attached hydrogens (tertiary/aromatic N) is 4. The van der Waals surface area contributed by atoms with Crippen molar-refractivity contribution >= 4 is 27.5 Å². The van der Waals surface area contributed by atoms with Crippen molar-refractivity contribution in [2.24, 2.45) is 5.41 Å². The second-order valence-corrected chi connectivity index (χ2v) is 12.3. The molecular formula is C24H32ClN5O4S. The van der Waals surface area contributed by atoms with Crippen molar-refractivity contribution in [2.45, 2.75) is 51.5 Å². The van der Waals surface area contributed by atoms with E-state index in [4.69, 9.17) is 16.3 Å². The quantitative estimate of drug-likeness (QED) is 0.573. The van der Waals surface area contributed by atoms with Gasteiger partial charge in [-0.15, -0.1) is 0 Å². The number of hydrogen-bond acceptors (Lipinski definition) is 6. The van der Waals surface area contributed by atoms with Gasteiger partial charge in [-0.1, -0.05) is 37.4 Å². The van der Waals surface area contributed by atoms with E-state index in [0.717, 1.165) is 38.5 Å². The van der Waals surface area contributed by atoms with E-state index < -0.39 is 10.2 Å². The molecule has 2 saturated carbocycles. The molecule has 9 nitrogen and oxygen atoms in total. The summed E-state index contributed by atoms with van der Waals surface area (Å²) in [7, 11) is -3.53. The van der Waals surface area contributed by atoms with E-state index in [0.29, 0.717) is 49.2 Å². The van der Waals surface area contributed by atoms with Crippen LogP contribution in [0.3, 0.4) is 0 Å². The summed E-state index contributed by atoms with van der Waals surface area (Å²) < 4.78 is 37.5. The van der Waals surface area contributed by atoms with Crippen molar-refractivity contribution in [3.63, 3.8) is 0 Å². The Bertz CT molecular complexity index is 1230. The molecule has 1 aliphatic heterocycles. The van der Waals surface area contributed by atoms with Crippen LogP contribution in [0.4, 0.5) is 5.69 Å². The molecule has 5 rings (SSSR count). The first-order valence-electron chi connectivity index (χ1n) is 12.3. The number of aromatic nitrogens is 2. The Kier molecular flexibility index (Phi) is 6.82. The van der Waals surface area contributed by atoms with Gasteiger partial charge in [0, 0.05) is 42.7 Å². The Hall–Kier alpha value is -2.14. The Labute approximate surface area is 211 Å². The summed E-state index contributed by atoms with van der Waals surface area (Å²) in [4.78, 5) is 15.5. The predicted octanol–water partition coefficient (Wildman–Crippen LogP) is 2.96. The van der Waals surface area contributed by atoms with E-state index in [1.165, 1.54) is 8.99 Å². The lowest BCUT2D eigenvalue weighted by molar-refractivity contribution is 0.242. The van der Waals surface area contributed by atoms with Crippen LogP contribution in [-0.2, 0) is 10.2 Å². The summed E-state index contributed by atoms with van der Waals surface area (Å²) >= 11 is 6.13. The van der Waals surface area contributed by atoms with Crippen molar-refractivity contribution in [1.29, 1.82) is 0 Å². The van der Waals surface area contributed by atoms with Crippen LogP contribution in [0.25, 0.3) is 5.69 Å². The average Bonchev–Trinajstić information content (AvgIpc) is 3.35. The van der Waals surface area contributed by atoms with Crippen molar-refractivity contribution < 1.29 is 13.2 Å². The summed E-state index contributed by atoms with van der Waals surface area (Å²) in [6.07, 6.45) is 7.70. The summed E-state index contributed by atoms with van der Waals surface area (Å²) in [5, 5.41) is 4.91. The zero-order valence-electron chi connectivity index (χ0n) is 20.0. The third-order valence-corrected chi connectivity index (χ3v) is 9.14. The highest BCUT2D eigenvalue weighted by atomic mass is 35.5. The number of ether oxygens (including phenoxy) is 1. The van der Waals surface area contributed by atoms with E-state index in [1.807, 2.05) is 4.90 Å². The molecule has 0 atom stereocenters. The predicted molar refractivity (Wildman–Crippen MR) is 136 cm³/mol. The molecule has 1 saturated heterocycles. The Morgan fingerprint density at radius 2 is 1.89 bits per heavy atom. The zero-order chi connectivity index (χ0) is 24.6. The number of benzene rings is 1. The van der Waals surface area contributed by atoms with E-state index in [2.05, 4.69) is 16.7 Å². The van der Waals surface area contributed by atoms with Gasteiger partial charge in [-0.2, -0.15) is 27.2 Å². The van der Waals surface area contributed by atoms with Crippen molar-refractivity contribution in [3.05, 3.63) is 45.8 Å². The summed E-state index contributed by atoms with van der Waals surface area (Å²) in [5.41, 5.74) is 0.891. The third-order valence-electron chi connectivity index (χ3n) is 7.23. The molecule has 190 valence electrons. The van der Waals surface area contributed by atoms with Gasteiger partial charge in [-0.25, -0.2) is 0 Å². The fourth-order valence-corrected chi connectivity index (χ4v) is 6.32. The SMILES string of the molecule is CC1(COc2c(N3CCN(S(=O)(=O)NC4CCCC4)CC3)cnn(-c3cccc(Cl)c3)c2=O)CC1. The van der Waals surface area contributed by atoms with Gasteiger partial charge in [0.1, 0.15) is 5.69 Å². The second kappa shape index (κ2) is 9.72. The molecule has 1 N–H and O–H groups in total. The Morgan fingerprint density at radius 1 is 1.17 bits per heavy atom. The first-order chi connectivity index (χ1) is 16.7. The van der Waals surface area contributed by atoms with Crippen LogP contribution < -0.4 is 19.9 Å². The maximum absolute atomic E-state index is 13.5. The minimum Gasteiger partial charge on any atom is -0.486 e. The first kappa shape index (κ1) is 24.5. The maximum Gasteiger partial charge on any atom is 0.316 e. The highest BCUT2D eigenvalue weighted by Crippen LogP contribution is 2.45. The average molecular weight is 522 g/mol. The van der Waals surface area contributed by atoms with Gasteiger partial charge in [0.15, 0.2) is 0 Å². The van der Waals surface area contributed by atoms with Gasteiger partial charge in [0.2, 0.25) is 5.75 Å². The minimum atomic E-state index is -3.53. The smallest absolute Gasteiger partial charge is 0.316 e. The third kappa shape index (κ3) is 5.50. The molecule has 0 spiro atoms. The number of rotatable bonds is 8. The molecule has 3 aliphatic rings. The summed E-state index contributed by atoms with van der Waals surface area (Å²) in [6, 6.07) is 7.00. The van der Waals surface area contributed by atoms with Gasteiger partial charge < -0.3 is 9.64 Å². The van der Waals surface area contributed by atoms with Gasteiger partial charge in [-0.3, -0.25) is 4.79 Å². The lowest BCUT2D eigenvalue weighted by atomic mass is 10.2. The normalized spacial score (nSPS) is 20.8. The largest absolute Gasteiger partial charge is 0.486 e. The van der Waals surface area contributed by atoms with E-state index in [-0.39, 0.29) is 22.8 Å². The van der Waals surface area contributed by atoms with E-state index in [1.54, 1.807) is 30.5 Å². The molecule has 3 fully saturated rings. The first-order valence-corrected chi connectivity index (χ1v) is 14.1. The standard InChI is InChI=1S/C24H32ClN5O4S/c1-24(9-10-24)17-34-22-21(16-26-30(23(22)31)20-8-4-5-18(25)15-20)28-11-13-29(14-12-28)35(32,33)27-19-6-2-3-7-19/h4-5,8,15-16,19,27H,2-3,6-7,9-14,17H2,1H3. The second-order valence-electron chi connectivity index (χ2n) is 10.1. The number of anilines is 1. The van der Waals surface area contributed by atoms with Crippen LogP contribution in [0.5, 0.6) is 5.75 Å². The van der Waals surface area contributed by atoms with Crippen LogP contribution in [0, 0.1) is 5.41 Å². The monoisotopic (exact) mass is 521 g/mol. The lowest BCUT2D eigenvalue weighted by Gasteiger charge is -2.36. The van der Waals surface area contributed by atoms with E-state index >= 15 is 0 Å². The van der Waals surface area contributed by atoms with Gasteiger partial charge in [0.25, 0.3) is 10.2 Å². The van der Waals surface area contributed by atoms with Crippen LogP contribution in [-0.4, -0.2) is 61.3 Å². The van der Waals surface area contributed by atoms with Crippen molar-refractivity contribution in [1.82, 2.24) is 18.8 Å². The van der Waals surface area contributed by atoms with Crippen molar-refractivity contribution in [2.75, 3.05) is 37.7 Å². The van der Waals surface area contributed by atoms with E-state index in [9.17, 15) is 13.2 Å². The fraction of sp³-hybridized carbons (Fsp3) is 0.583. The number of piperazine rings is 1. The highest BCUT2D eigenvalue weighted by Gasteiger charge is 2.39. The van der Waals surface area contributed by atoms with Gasteiger partial charge in [-0.05, 0) is 43.9 Å². The Morgan fingerprint density at radius 3 is 2.54 bits per heavy atom. The maximum atomic E-state index is 13.5. The molecule has 11 heteroatoms. The summed E-state index contributed by atoms with van der Waals surface area (Å²) in [5.74, 6) is 0.244. The molecule has 2 heterocycles. The van der Waals surface area contributed by atoms with Crippen LogP contribution in [0.15, 0.2) is 35.3 Å².